The Kier molecular flexibility index (Phi) is 8.51. The quantitative estimate of drug-likeness (QED) is 0.417. The van der Waals surface area contributed by atoms with Gasteiger partial charge < -0.3 is 9.72 Å². The molecule has 0 saturated heterocycles. The Bertz CT molecular complexity index is 1240. The number of carbonyl (C=O) groups is 1. The maximum atomic E-state index is 13.2. The molecule has 0 bridgehead atoms. The van der Waals surface area contributed by atoms with Gasteiger partial charge in [0.25, 0.3) is 5.56 Å². The van der Waals surface area contributed by atoms with Gasteiger partial charge in [0.05, 0.1) is 12.6 Å². The number of aryl methyl sites for hydroxylation is 2. The van der Waals surface area contributed by atoms with Crippen LogP contribution in [0.2, 0.25) is 0 Å². The number of pyridine rings is 1. The molecule has 2 aromatic heterocycles. The first-order chi connectivity index (χ1) is 17.4. The molecule has 4 rings (SSSR count). The third-order valence-corrected chi connectivity index (χ3v) is 7.34. The van der Waals surface area contributed by atoms with Crippen LogP contribution in [0, 0.1) is 13.8 Å². The van der Waals surface area contributed by atoms with Gasteiger partial charge in [-0.25, -0.2) is 4.68 Å². The molecule has 1 aliphatic carbocycles. The fraction of sp³-hybridized carbons (Fsp3) is 0.593. The van der Waals surface area contributed by atoms with Crippen molar-refractivity contribution < 1.29 is 9.53 Å². The lowest BCUT2D eigenvalue weighted by atomic mass is 9.91. The van der Waals surface area contributed by atoms with Crippen molar-refractivity contribution in [2.24, 2.45) is 0 Å². The molecule has 1 atom stereocenters. The highest BCUT2D eigenvalue weighted by Crippen LogP contribution is 2.33. The number of benzene rings is 1. The number of rotatable bonds is 10. The maximum Gasteiger partial charge on any atom is 0.327 e. The molecule has 0 amide bonds. The minimum absolute atomic E-state index is 0.0237. The van der Waals surface area contributed by atoms with E-state index < -0.39 is 0 Å². The first kappa shape index (κ1) is 26.0. The summed E-state index contributed by atoms with van der Waals surface area (Å²) in [6.07, 6.45) is 7.46. The van der Waals surface area contributed by atoms with Crippen LogP contribution in [0.5, 0.6) is 0 Å². The Balaban J connectivity index is 1.73. The minimum Gasteiger partial charge on any atom is -0.465 e. The van der Waals surface area contributed by atoms with E-state index in [1.807, 2.05) is 12.1 Å². The molecular weight excluding hydrogens is 456 g/mol. The molecule has 0 aliphatic heterocycles. The van der Waals surface area contributed by atoms with Gasteiger partial charge in [0.15, 0.2) is 5.82 Å². The first-order valence-corrected chi connectivity index (χ1v) is 13.2. The molecule has 1 fully saturated rings. The zero-order chi connectivity index (χ0) is 25.7. The molecule has 0 radical (unpaired) electrons. The zero-order valence-electron chi connectivity index (χ0n) is 21.9. The monoisotopic (exact) mass is 494 g/mol. The van der Waals surface area contributed by atoms with Crippen LogP contribution in [0.3, 0.4) is 0 Å². The van der Waals surface area contributed by atoms with Crippen molar-refractivity contribution in [2.45, 2.75) is 97.8 Å². The molecule has 1 aromatic carbocycles. The lowest BCUT2D eigenvalue weighted by Crippen LogP contribution is -2.41. The number of ether oxygens (including phenoxy) is 1. The van der Waals surface area contributed by atoms with Gasteiger partial charge >= 0.3 is 5.97 Å². The highest BCUT2D eigenvalue weighted by Gasteiger charge is 2.33. The van der Waals surface area contributed by atoms with Gasteiger partial charge in [0.2, 0.25) is 0 Å². The third kappa shape index (κ3) is 5.83. The van der Waals surface area contributed by atoms with E-state index in [0.717, 1.165) is 47.7 Å². The van der Waals surface area contributed by atoms with Crippen molar-refractivity contribution >= 4 is 16.9 Å². The van der Waals surface area contributed by atoms with Crippen molar-refractivity contribution in [2.75, 3.05) is 6.61 Å². The van der Waals surface area contributed by atoms with Crippen LogP contribution in [-0.4, -0.2) is 48.7 Å². The topological polar surface area (TPSA) is 106 Å². The van der Waals surface area contributed by atoms with Crippen molar-refractivity contribution in [3.8, 4) is 0 Å². The van der Waals surface area contributed by atoms with E-state index in [4.69, 9.17) is 4.74 Å². The summed E-state index contributed by atoms with van der Waals surface area (Å²) in [6, 6.07) is 6.41. The number of aromatic amines is 1. The number of fused-ring (bicyclic) bond motifs is 1. The number of hydrogen-bond acceptors (Lipinski definition) is 7. The predicted molar refractivity (Wildman–Crippen MR) is 139 cm³/mol. The first-order valence-electron chi connectivity index (χ1n) is 13.2. The second-order valence-corrected chi connectivity index (χ2v) is 9.92. The smallest absolute Gasteiger partial charge is 0.327 e. The molecule has 194 valence electrons. The summed E-state index contributed by atoms with van der Waals surface area (Å²) in [5, 5.41) is 13.4. The number of nitrogens with one attached hydrogen (secondary N) is 1. The number of carbonyl (C=O) groups excluding carboxylic acids is 1. The number of H-pyrrole nitrogens is 1. The lowest BCUT2D eigenvalue weighted by Gasteiger charge is -2.39. The van der Waals surface area contributed by atoms with Gasteiger partial charge in [-0.1, -0.05) is 32.6 Å². The lowest BCUT2D eigenvalue weighted by molar-refractivity contribution is -0.144. The van der Waals surface area contributed by atoms with Crippen molar-refractivity contribution in [3.05, 3.63) is 51.1 Å². The van der Waals surface area contributed by atoms with Gasteiger partial charge in [-0.3, -0.25) is 14.5 Å². The fourth-order valence-corrected chi connectivity index (χ4v) is 5.35. The Labute approximate surface area is 212 Å². The highest BCUT2D eigenvalue weighted by atomic mass is 16.5. The summed E-state index contributed by atoms with van der Waals surface area (Å²) in [5.74, 6) is 0.293. The van der Waals surface area contributed by atoms with Gasteiger partial charge in [-0.05, 0) is 85.2 Å². The molecule has 1 saturated carbocycles. The minimum atomic E-state index is -0.359. The molecule has 2 heterocycles. The van der Waals surface area contributed by atoms with Crippen LogP contribution in [0.4, 0.5) is 0 Å². The average molecular weight is 495 g/mol. The molecule has 1 N–H and O–H groups in total. The summed E-state index contributed by atoms with van der Waals surface area (Å²) in [4.78, 5) is 31.0. The normalized spacial score (nSPS) is 15.5. The SMILES string of the molecule is CCCC(c1nnnn1CC(=O)OCC)N(Cc1cc2cc(C)c(C)cc2[nH]c1=O)C1CCCCC1. The Morgan fingerprint density at radius 2 is 1.92 bits per heavy atom. The predicted octanol–water partition coefficient (Wildman–Crippen LogP) is 4.37. The third-order valence-electron chi connectivity index (χ3n) is 7.34. The summed E-state index contributed by atoms with van der Waals surface area (Å²) in [5.41, 5.74) is 3.90. The molecular formula is C27H38N6O3. The van der Waals surface area contributed by atoms with E-state index in [1.165, 1.54) is 24.8 Å². The summed E-state index contributed by atoms with van der Waals surface area (Å²) < 4.78 is 6.70. The number of nitrogens with zero attached hydrogens (tertiary/aromatic N) is 5. The van der Waals surface area contributed by atoms with E-state index in [2.05, 4.69) is 52.2 Å². The Morgan fingerprint density at radius 3 is 2.64 bits per heavy atom. The number of aromatic nitrogens is 5. The highest BCUT2D eigenvalue weighted by molar-refractivity contribution is 5.80. The molecule has 9 heteroatoms. The van der Waals surface area contributed by atoms with Crippen molar-refractivity contribution in [1.29, 1.82) is 0 Å². The van der Waals surface area contributed by atoms with Crippen LogP contribution < -0.4 is 5.56 Å². The van der Waals surface area contributed by atoms with Gasteiger partial charge in [0.1, 0.15) is 6.54 Å². The van der Waals surface area contributed by atoms with E-state index in [1.54, 1.807) is 11.6 Å². The van der Waals surface area contributed by atoms with Gasteiger partial charge in [0, 0.05) is 23.7 Å². The summed E-state index contributed by atoms with van der Waals surface area (Å²) >= 11 is 0. The Hall–Kier alpha value is -3.07. The maximum absolute atomic E-state index is 13.2. The second kappa shape index (κ2) is 11.8. The van der Waals surface area contributed by atoms with E-state index in [0.29, 0.717) is 25.0 Å². The van der Waals surface area contributed by atoms with Crippen LogP contribution in [0.15, 0.2) is 23.0 Å². The van der Waals surface area contributed by atoms with Crippen LogP contribution in [0.1, 0.15) is 87.3 Å². The molecule has 36 heavy (non-hydrogen) atoms. The standard InChI is InChI=1S/C27H38N6O3/c1-5-10-24(26-29-30-31-33(26)17-25(34)36-6-2)32(22-11-8-7-9-12-22)16-21-15-20-13-18(3)19(4)14-23(20)28-27(21)35/h13-15,22,24H,5-12,16-17H2,1-4H3,(H,28,35). The van der Waals surface area contributed by atoms with Crippen molar-refractivity contribution in [3.63, 3.8) is 0 Å². The molecule has 0 spiro atoms. The van der Waals surface area contributed by atoms with Gasteiger partial charge in [-0.2, -0.15) is 0 Å². The number of esters is 1. The van der Waals surface area contributed by atoms with E-state index in [-0.39, 0.29) is 24.1 Å². The molecule has 1 aliphatic rings. The summed E-state index contributed by atoms with van der Waals surface area (Å²) in [6.45, 7) is 8.86. The largest absolute Gasteiger partial charge is 0.465 e. The number of tetrazole rings is 1. The molecule has 1 unspecified atom stereocenters. The van der Waals surface area contributed by atoms with Crippen LogP contribution >= 0.6 is 0 Å². The van der Waals surface area contributed by atoms with E-state index in [9.17, 15) is 9.59 Å². The molecule has 3 aromatic rings. The van der Waals surface area contributed by atoms with E-state index >= 15 is 0 Å². The van der Waals surface area contributed by atoms with Gasteiger partial charge in [-0.15, -0.1) is 5.10 Å². The number of hydrogen-bond donors (Lipinski definition) is 1. The summed E-state index contributed by atoms with van der Waals surface area (Å²) in [7, 11) is 0. The second-order valence-electron chi connectivity index (χ2n) is 9.92. The fourth-order valence-electron chi connectivity index (χ4n) is 5.35. The van der Waals surface area contributed by atoms with Crippen molar-refractivity contribution in [1.82, 2.24) is 30.1 Å². The molecule has 9 nitrogen and oxygen atoms in total. The zero-order valence-corrected chi connectivity index (χ0v) is 21.9. The van der Waals surface area contributed by atoms with Crippen LogP contribution in [0.25, 0.3) is 10.9 Å². The Morgan fingerprint density at radius 1 is 1.17 bits per heavy atom. The van der Waals surface area contributed by atoms with Crippen LogP contribution in [-0.2, 0) is 22.6 Å². The average Bonchev–Trinajstić information content (AvgIpc) is 3.31.